The highest BCUT2D eigenvalue weighted by Gasteiger charge is 2.10. The first-order valence-electron chi connectivity index (χ1n) is 12.2. The summed E-state index contributed by atoms with van der Waals surface area (Å²) >= 11 is 0. The largest absolute Gasteiger partial charge is 0.506 e. The van der Waals surface area contributed by atoms with Gasteiger partial charge in [-0.2, -0.15) is 0 Å². The molecule has 2 aromatic rings. The molecule has 0 radical (unpaired) electrons. The maximum atomic E-state index is 10.6. The van der Waals surface area contributed by atoms with E-state index in [1.807, 2.05) is 0 Å². The van der Waals surface area contributed by atoms with E-state index in [0.29, 0.717) is 24.2 Å². The topological polar surface area (TPSA) is 182 Å². The summed E-state index contributed by atoms with van der Waals surface area (Å²) < 4.78 is 0. The minimum absolute atomic E-state index is 0.0235. The van der Waals surface area contributed by atoms with E-state index in [9.17, 15) is 15.0 Å². The first-order valence-corrected chi connectivity index (χ1v) is 12.2. The molecule has 0 heterocycles. The Hall–Kier alpha value is -3.47. The van der Waals surface area contributed by atoms with Crippen LogP contribution >= 0.6 is 0 Å². The van der Waals surface area contributed by atoms with Crippen molar-refractivity contribution in [3.8, 4) is 5.75 Å². The summed E-state index contributed by atoms with van der Waals surface area (Å²) in [7, 11) is 0. The summed E-state index contributed by atoms with van der Waals surface area (Å²) in [6.45, 7) is 4.17. The molecular weight excluding hydrogens is 478 g/mol. The number of aliphatic carboxylic acids is 2. The molecule has 0 saturated carbocycles. The number of aliphatic hydroxyl groups is 1. The molecule has 0 bridgehead atoms. The number of aryl methyl sites for hydroxylation is 2. The van der Waals surface area contributed by atoms with Crippen LogP contribution in [-0.4, -0.2) is 58.4 Å². The molecule has 0 aromatic heterocycles. The number of anilines is 1. The summed E-state index contributed by atoms with van der Waals surface area (Å²) in [4.78, 5) is 28.6. The van der Waals surface area contributed by atoms with Gasteiger partial charge < -0.3 is 36.8 Å². The number of benzene rings is 2. The number of aliphatic hydroxyl groups excluding tert-OH is 1. The van der Waals surface area contributed by atoms with Crippen LogP contribution in [0.3, 0.4) is 0 Å². The van der Waals surface area contributed by atoms with Crippen LogP contribution in [0.5, 0.6) is 5.75 Å². The zero-order valence-electron chi connectivity index (χ0n) is 21.7. The van der Waals surface area contributed by atoms with E-state index in [1.54, 1.807) is 12.1 Å². The Kier molecular flexibility index (Phi) is 18.8. The van der Waals surface area contributed by atoms with Crippen molar-refractivity contribution in [1.29, 1.82) is 0 Å². The molecule has 0 fully saturated rings. The van der Waals surface area contributed by atoms with E-state index in [1.165, 1.54) is 17.2 Å². The van der Waals surface area contributed by atoms with E-state index in [2.05, 4.69) is 34.9 Å². The van der Waals surface area contributed by atoms with Gasteiger partial charge in [0.2, 0.25) is 6.41 Å². The second kappa shape index (κ2) is 20.7. The third-order valence-electron chi connectivity index (χ3n) is 4.97. The minimum Gasteiger partial charge on any atom is -0.506 e. The first-order chi connectivity index (χ1) is 17.6. The van der Waals surface area contributed by atoms with Crippen molar-refractivity contribution >= 4 is 24.0 Å². The molecule has 10 nitrogen and oxygen atoms in total. The lowest BCUT2D eigenvalue weighted by molar-refractivity contribution is -0.135. The molecule has 206 valence electrons. The van der Waals surface area contributed by atoms with Gasteiger partial charge in [0.1, 0.15) is 5.75 Å². The standard InChI is InChI=1S/C23H33N3O3.2C2H4O2/c24-13-3-1-5-18-7-9-19(10-8-18)6-2-4-14-25-16-23(29)20-11-12-22(28)21(15-20)26-17-27;2*1-2(3)4/h7-12,15,17,23,25,28-29H,1-6,13-14,16,24H2,(H,26,27);2*1H3,(H,3,4). The fraction of sp³-hybridized carbons (Fsp3) is 0.444. The number of phenols is 1. The highest BCUT2D eigenvalue weighted by molar-refractivity contribution is 5.75. The Morgan fingerprint density at radius 2 is 1.43 bits per heavy atom. The van der Waals surface area contributed by atoms with Crippen molar-refractivity contribution in [2.75, 3.05) is 25.0 Å². The van der Waals surface area contributed by atoms with E-state index in [-0.39, 0.29) is 5.75 Å². The van der Waals surface area contributed by atoms with Crippen molar-refractivity contribution in [3.05, 3.63) is 59.2 Å². The minimum atomic E-state index is -0.833. The maximum absolute atomic E-state index is 10.6. The average molecular weight is 520 g/mol. The number of amides is 1. The summed E-state index contributed by atoms with van der Waals surface area (Å²) in [6, 6.07) is 13.5. The Morgan fingerprint density at radius 3 is 1.92 bits per heavy atom. The number of carboxylic acid groups (broad SMARTS) is 2. The Morgan fingerprint density at radius 1 is 0.919 bits per heavy atom. The number of phenolic OH excluding ortho intramolecular Hbond substituents is 1. The molecule has 2 aromatic carbocycles. The fourth-order valence-electron chi connectivity index (χ4n) is 3.22. The zero-order valence-corrected chi connectivity index (χ0v) is 21.7. The van der Waals surface area contributed by atoms with Crippen LogP contribution in [0.15, 0.2) is 42.5 Å². The Balaban J connectivity index is 0.00000142. The van der Waals surface area contributed by atoms with Gasteiger partial charge in [-0.25, -0.2) is 0 Å². The van der Waals surface area contributed by atoms with Crippen LogP contribution < -0.4 is 16.4 Å². The van der Waals surface area contributed by atoms with Crippen LogP contribution in [0, 0.1) is 0 Å². The van der Waals surface area contributed by atoms with E-state index in [0.717, 1.165) is 65.5 Å². The summed E-state index contributed by atoms with van der Waals surface area (Å²) in [6.07, 6.45) is 6.28. The van der Waals surface area contributed by atoms with Gasteiger partial charge in [0.15, 0.2) is 0 Å². The molecule has 0 spiro atoms. The van der Waals surface area contributed by atoms with Crippen LogP contribution in [0.1, 0.15) is 62.3 Å². The maximum Gasteiger partial charge on any atom is 0.300 e. The predicted molar refractivity (Wildman–Crippen MR) is 144 cm³/mol. The van der Waals surface area contributed by atoms with Gasteiger partial charge in [0, 0.05) is 20.4 Å². The molecule has 37 heavy (non-hydrogen) atoms. The van der Waals surface area contributed by atoms with Gasteiger partial charge in [-0.15, -0.1) is 0 Å². The van der Waals surface area contributed by atoms with Gasteiger partial charge >= 0.3 is 0 Å². The molecule has 10 heteroatoms. The van der Waals surface area contributed by atoms with Crippen molar-refractivity contribution < 1.29 is 34.8 Å². The molecule has 0 aliphatic carbocycles. The van der Waals surface area contributed by atoms with Crippen LogP contribution in [0.25, 0.3) is 0 Å². The van der Waals surface area contributed by atoms with Gasteiger partial charge in [-0.1, -0.05) is 30.3 Å². The number of rotatable bonds is 14. The third-order valence-corrected chi connectivity index (χ3v) is 4.97. The molecule has 1 unspecified atom stereocenters. The highest BCUT2D eigenvalue weighted by Crippen LogP contribution is 2.26. The van der Waals surface area contributed by atoms with Crippen molar-refractivity contribution in [1.82, 2.24) is 5.32 Å². The number of hydrogen-bond donors (Lipinski definition) is 7. The van der Waals surface area contributed by atoms with E-state index < -0.39 is 18.0 Å². The van der Waals surface area contributed by atoms with E-state index in [4.69, 9.17) is 25.5 Å². The van der Waals surface area contributed by atoms with Crippen molar-refractivity contribution in [2.24, 2.45) is 5.73 Å². The lowest BCUT2D eigenvalue weighted by Gasteiger charge is -2.14. The molecular formula is C27H41N3O7. The fourth-order valence-corrected chi connectivity index (χ4v) is 3.22. The average Bonchev–Trinajstić information content (AvgIpc) is 2.83. The summed E-state index contributed by atoms with van der Waals surface area (Å²) in [5.41, 5.74) is 9.20. The molecule has 2 rings (SSSR count). The number of nitrogens with two attached hydrogens (primary N) is 1. The predicted octanol–water partition coefficient (Wildman–Crippen LogP) is 3.07. The molecule has 1 atom stereocenters. The second-order valence-electron chi connectivity index (χ2n) is 8.32. The lowest BCUT2D eigenvalue weighted by atomic mass is 10.0. The summed E-state index contributed by atoms with van der Waals surface area (Å²) in [5, 5.41) is 40.4. The van der Waals surface area contributed by atoms with Crippen molar-refractivity contribution in [3.63, 3.8) is 0 Å². The van der Waals surface area contributed by atoms with Gasteiger partial charge in [-0.3, -0.25) is 14.4 Å². The molecule has 8 N–H and O–H groups in total. The number of carboxylic acids is 2. The monoisotopic (exact) mass is 519 g/mol. The Labute approximate surface area is 218 Å². The smallest absolute Gasteiger partial charge is 0.300 e. The third kappa shape index (κ3) is 18.5. The molecule has 1 amide bonds. The number of unbranched alkanes of at least 4 members (excludes halogenated alkanes) is 2. The molecule has 0 aliphatic rings. The van der Waals surface area contributed by atoms with Crippen molar-refractivity contribution in [2.45, 2.75) is 58.5 Å². The first kappa shape index (κ1) is 33.5. The highest BCUT2D eigenvalue weighted by atomic mass is 16.4. The lowest BCUT2D eigenvalue weighted by Crippen LogP contribution is -2.22. The van der Waals surface area contributed by atoms with Gasteiger partial charge in [0.25, 0.3) is 11.9 Å². The Bertz CT molecular complexity index is 901. The van der Waals surface area contributed by atoms with Crippen LogP contribution in [-0.2, 0) is 27.2 Å². The van der Waals surface area contributed by atoms with Gasteiger partial charge in [0.05, 0.1) is 11.8 Å². The van der Waals surface area contributed by atoms with E-state index >= 15 is 0 Å². The zero-order chi connectivity index (χ0) is 28.1. The number of carbonyl (C=O) groups is 3. The molecule has 0 aliphatic heterocycles. The number of carbonyl (C=O) groups excluding carboxylic acids is 1. The normalized spacial score (nSPS) is 10.7. The molecule has 0 saturated heterocycles. The number of hydrogen-bond acceptors (Lipinski definition) is 7. The SMILES string of the molecule is CC(=O)O.CC(=O)O.NCCCCc1ccc(CCCCNCC(O)c2ccc(O)c(NC=O)c2)cc1. The summed E-state index contributed by atoms with van der Waals surface area (Å²) in [5.74, 6) is -1.69. The van der Waals surface area contributed by atoms with Crippen LogP contribution in [0.4, 0.5) is 5.69 Å². The number of nitrogens with one attached hydrogen (secondary N) is 2. The second-order valence-corrected chi connectivity index (χ2v) is 8.32. The van der Waals surface area contributed by atoms with Gasteiger partial charge in [-0.05, 0) is 80.4 Å². The quantitative estimate of drug-likeness (QED) is 0.112. The van der Waals surface area contributed by atoms with Crippen LogP contribution in [0.2, 0.25) is 0 Å². The number of aromatic hydroxyl groups is 1.